The fraction of sp³-hybridized carbons (Fsp3) is 0.583. The predicted molar refractivity (Wildman–Crippen MR) is 65.7 cm³/mol. The Morgan fingerprint density at radius 1 is 1.33 bits per heavy atom. The Kier molecular flexibility index (Phi) is 4.03. The van der Waals surface area contributed by atoms with Gasteiger partial charge in [-0.05, 0) is 24.5 Å². The molecule has 0 atom stereocenters. The maximum Gasteiger partial charge on any atom is 0.0539 e. The summed E-state index contributed by atoms with van der Waals surface area (Å²) in [4.78, 5) is 4.30. The predicted octanol–water partition coefficient (Wildman–Crippen LogP) is 2.72. The van der Waals surface area contributed by atoms with Crippen molar-refractivity contribution in [2.24, 2.45) is 5.73 Å². The summed E-state index contributed by atoms with van der Waals surface area (Å²) in [6.45, 7) is 0.538. The molecule has 0 aliphatic heterocycles. The minimum Gasteiger partial charge on any atom is -0.325 e. The van der Waals surface area contributed by atoms with Gasteiger partial charge in [0.05, 0.1) is 5.69 Å². The number of nitrogens with two attached hydrogens (primary N) is 1. The molecule has 15 heavy (non-hydrogen) atoms. The lowest BCUT2D eigenvalue weighted by molar-refractivity contribution is 0.886. The highest BCUT2D eigenvalue weighted by Gasteiger charge is 2.14. The fourth-order valence-electron chi connectivity index (χ4n) is 1.93. The molecule has 1 heterocycles. The van der Waals surface area contributed by atoms with E-state index in [4.69, 9.17) is 5.73 Å². The molecule has 0 bridgehead atoms. The van der Waals surface area contributed by atoms with Gasteiger partial charge in [0.25, 0.3) is 0 Å². The second-order valence-electron chi connectivity index (χ2n) is 4.08. The Labute approximate surface area is 95.7 Å². The highest BCUT2D eigenvalue weighted by atomic mass is 32.2. The second kappa shape index (κ2) is 5.52. The van der Waals surface area contributed by atoms with Gasteiger partial charge in [-0.15, -0.1) is 0 Å². The van der Waals surface area contributed by atoms with Crippen LogP contribution in [0.2, 0.25) is 0 Å². The molecule has 1 aromatic heterocycles. The zero-order valence-electron chi connectivity index (χ0n) is 8.98. The summed E-state index contributed by atoms with van der Waals surface area (Å²) in [6.07, 6.45) is 7.60. The van der Waals surface area contributed by atoms with Gasteiger partial charge >= 0.3 is 0 Å². The van der Waals surface area contributed by atoms with Gasteiger partial charge in [0.15, 0.2) is 0 Å². The van der Waals surface area contributed by atoms with Crippen LogP contribution in [0.1, 0.15) is 36.9 Å². The first-order valence-electron chi connectivity index (χ1n) is 5.64. The number of nitrogens with zero attached hydrogens (tertiary/aromatic N) is 1. The Hall–Kier alpha value is -0.540. The van der Waals surface area contributed by atoms with Crippen LogP contribution in [0.5, 0.6) is 0 Å². The largest absolute Gasteiger partial charge is 0.325 e. The smallest absolute Gasteiger partial charge is 0.0539 e. The van der Waals surface area contributed by atoms with E-state index in [0.717, 1.165) is 16.7 Å². The van der Waals surface area contributed by atoms with Crippen LogP contribution in [-0.4, -0.2) is 10.2 Å². The number of thioether (sulfide) groups is 1. The van der Waals surface area contributed by atoms with E-state index < -0.39 is 0 Å². The van der Waals surface area contributed by atoms with Gasteiger partial charge in [0, 0.05) is 23.7 Å². The Bertz CT molecular complexity index is 291. The standard InChI is InChI=1S/C12H18N2S/c13-7-11-6-5-10(8-14-11)9-15-12-3-1-2-4-12/h5-6,8,12H,1-4,7,9,13H2. The van der Waals surface area contributed by atoms with E-state index in [9.17, 15) is 0 Å². The summed E-state index contributed by atoms with van der Waals surface area (Å²) in [7, 11) is 0. The van der Waals surface area contributed by atoms with E-state index in [1.165, 1.54) is 31.2 Å². The molecule has 1 aliphatic carbocycles. The molecule has 0 amide bonds. The third-order valence-electron chi connectivity index (χ3n) is 2.88. The van der Waals surface area contributed by atoms with Crippen LogP contribution in [0, 0.1) is 0 Å². The molecule has 0 radical (unpaired) electrons. The molecule has 0 spiro atoms. The molecule has 2 N–H and O–H groups in total. The van der Waals surface area contributed by atoms with E-state index in [0.29, 0.717) is 6.54 Å². The van der Waals surface area contributed by atoms with Crippen molar-refractivity contribution in [1.29, 1.82) is 0 Å². The topological polar surface area (TPSA) is 38.9 Å². The summed E-state index contributed by atoms with van der Waals surface area (Å²) in [5.41, 5.74) is 7.81. The average molecular weight is 222 g/mol. The first-order valence-corrected chi connectivity index (χ1v) is 6.69. The molecule has 3 heteroatoms. The Morgan fingerprint density at radius 3 is 2.73 bits per heavy atom. The Balaban J connectivity index is 1.82. The first-order chi connectivity index (χ1) is 7.38. The van der Waals surface area contributed by atoms with Crippen molar-refractivity contribution in [3.63, 3.8) is 0 Å². The number of pyridine rings is 1. The lowest BCUT2D eigenvalue weighted by Gasteiger charge is -2.08. The summed E-state index contributed by atoms with van der Waals surface area (Å²) in [5, 5.41) is 0.888. The van der Waals surface area contributed by atoms with Crippen molar-refractivity contribution in [3.05, 3.63) is 29.6 Å². The maximum atomic E-state index is 5.51. The van der Waals surface area contributed by atoms with Crippen LogP contribution in [0.4, 0.5) is 0 Å². The molecule has 1 aliphatic rings. The molecule has 2 nitrogen and oxygen atoms in total. The zero-order valence-corrected chi connectivity index (χ0v) is 9.80. The number of hydrogen-bond acceptors (Lipinski definition) is 3. The Morgan fingerprint density at radius 2 is 2.13 bits per heavy atom. The molecule has 1 fully saturated rings. The number of aromatic nitrogens is 1. The van der Waals surface area contributed by atoms with Gasteiger partial charge in [-0.1, -0.05) is 18.9 Å². The van der Waals surface area contributed by atoms with E-state index in [1.54, 1.807) is 0 Å². The van der Waals surface area contributed by atoms with Gasteiger partial charge < -0.3 is 5.73 Å². The average Bonchev–Trinajstić information content (AvgIpc) is 2.80. The highest BCUT2D eigenvalue weighted by molar-refractivity contribution is 7.99. The van der Waals surface area contributed by atoms with Crippen molar-refractivity contribution in [2.75, 3.05) is 0 Å². The lowest BCUT2D eigenvalue weighted by Crippen LogP contribution is -2.00. The van der Waals surface area contributed by atoms with Crippen molar-refractivity contribution in [2.45, 2.75) is 43.2 Å². The van der Waals surface area contributed by atoms with Crippen LogP contribution < -0.4 is 5.73 Å². The van der Waals surface area contributed by atoms with Crippen molar-refractivity contribution in [3.8, 4) is 0 Å². The van der Waals surface area contributed by atoms with E-state index >= 15 is 0 Å². The summed E-state index contributed by atoms with van der Waals surface area (Å²) in [5.74, 6) is 1.10. The maximum absolute atomic E-state index is 5.51. The van der Waals surface area contributed by atoms with E-state index in [2.05, 4.69) is 22.8 Å². The second-order valence-corrected chi connectivity index (χ2v) is 5.37. The van der Waals surface area contributed by atoms with Crippen LogP contribution in [0.15, 0.2) is 18.3 Å². The van der Waals surface area contributed by atoms with Crippen LogP contribution >= 0.6 is 11.8 Å². The molecule has 0 saturated heterocycles. The van der Waals surface area contributed by atoms with Crippen LogP contribution in [0.3, 0.4) is 0 Å². The minimum absolute atomic E-state index is 0.538. The first kappa shape index (κ1) is 11.0. The molecular weight excluding hydrogens is 204 g/mol. The lowest BCUT2D eigenvalue weighted by atomic mass is 10.3. The van der Waals surface area contributed by atoms with Crippen molar-refractivity contribution >= 4 is 11.8 Å². The molecular formula is C12H18N2S. The van der Waals surface area contributed by atoms with Crippen molar-refractivity contribution < 1.29 is 0 Å². The van der Waals surface area contributed by atoms with E-state index in [1.807, 2.05) is 12.3 Å². The summed E-state index contributed by atoms with van der Waals surface area (Å²) >= 11 is 2.08. The fourth-order valence-corrected chi connectivity index (χ4v) is 3.20. The number of hydrogen-bond donors (Lipinski definition) is 1. The molecule has 1 saturated carbocycles. The molecule has 0 aromatic carbocycles. The number of rotatable bonds is 4. The van der Waals surface area contributed by atoms with Gasteiger partial charge in [-0.3, -0.25) is 4.98 Å². The van der Waals surface area contributed by atoms with Gasteiger partial charge in [-0.2, -0.15) is 11.8 Å². The summed E-state index contributed by atoms with van der Waals surface area (Å²) < 4.78 is 0. The van der Waals surface area contributed by atoms with Gasteiger partial charge in [0.1, 0.15) is 0 Å². The molecule has 0 unspecified atom stereocenters. The van der Waals surface area contributed by atoms with E-state index in [-0.39, 0.29) is 0 Å². The normalized spacial score (nSPS) is 17.1. The molecule has 2 rings (SSSR count). The monoisotopic (exact) mass is 222 g/mol. The van der Waals surface area contributed by atoms with Crippen molar-refractivity contribution in [1.82, 2.24) is 4.98 Å². The highest BCUT2D eigenvalue weighted by Crippen LogP contribution is 2.31. The molecule has 82 valence electrons. The zero-order chi connectivity index (χ0) is 10.5. The third kappa shape index (κ3) is 3.21. The van der Waals surface area contributed by atoms with Crippen LogP contribution in [-0.2, 0) is 12.3 Å². The third-order valence-corrected chi connectivity index (χ3v) is 4.33. The van der Waals surface area contributed by atoms with Crippen LogP contribution in [0.25, 0.3) is 0 Å². The van der Waals surface area contributed by atoms with Gasteiger partial charge in [-0.25, -0.2) is 0 Å². The molecule has 1 aromatic rings. The SMILES string of the molecule is NCc1ccc(CSC2CCCC2)cn1. The summed E-state index contributed by atoms with van der Waals surface area (Å²) in [6, 6.07) is 4.18. The van der Waals surface area contributed by atoms with Gasteiger partial charge in [0.2, 0.25) is 0 Å². The minimum atomic E-state index is 0.538. The quantitative estimate of drug-likeness (QED) is 0.851.